The molecule has 0 aromatic rings. The lowest BCUT2D eigenvalue weighted by molar-refractivity contribution is -0.142. The Morgan fingerprint density at radius 3 is 2.30 bits per heavy atom. The lowest BCUT2D eigenvalue weighted by Crippen LogP contribution is -2.50. The third-order valence-electron chi connectivity index (χ3n) is 4.82. The van der Waals surface area contributed by atoms with Crippen molar-refractivity contribution in [1.29, 1.82) is 0 Å². The van der Waals surface area contributed by atoms with E-state index >= 15 is 0 Å². The van der Waals surface area contributed by atoms with Crippen LogP contribution in [0, 0.1) is 0 Å². The van der Waals surface area contributed by atoms with E-state index in [1.807, 2.05) is 0 Å². The van der Waals surface area contributed by atoms with Gasteiger partial charge in [0.15, 0.2) is 0 Å². The maximum atomic E-state index is 12.6. The monoisotopic (exact) mass is 280 g/mol. The average Bonchev–Trinajstić information content (AvgIpc) is 2.62. The van der Waals surface area contributed by atoms with Crippen LogP contribution in [0.15, 0.2) is 0 Å². The second kappa shape index (κ2) is 6.25. The molecule has 4 heteroatoms. The molecule has 20 heavy (non-hydrogen) atoms. The van der Waals surface area contributed by atoms with Gasteiger partial charge in [0.2, 0.25) is 11.8 Å². The van der Waals surface area contributed by atoms with E-state index in [9.17, 15) is 9.59 Å². The van der Waals surface area contributed by atoms with E-state index in [0.29, 0.717) is 6.42 Å². The SMILES string of the molecule is CCC(C)(C)NC1CC(=O)N(C2CCCCCC2)C1=O. The summed E-state index contributed by atoms with van der Waals surface area (Å²) in [6.07, 6.45) is 7.99. The van der Waals surface area contributed by atoms with Crippen LogP contribution in [0.2, 0.25) is 0 Å². The standard InChI is InChI=1S/C16H28N2O2/c1-4-16(2,3)17-13-11-14(19)18(15(13)20)12-9-7-5-6-8-10-12/h12-13,17H,4-11H2,1-3H3. The third kappa shape index (κ3) is 3.40. The molecule has 0 radical (unpaired) electrons. The predicted molar refractivity (Wildman–Crippen MR) is 79.3 cm³/mol. The van der Waals surface area contributed by atoms with E-state index in [0.717, 1.165) is 32.1 Å². The van der Waals surface area contributed by atoms with E-state index in [2.05, 4.69) is 26.1 Å². The molecule has 2 amide bonds. The zero-order valence-electron chi connectivity index (χ0n) is 13.1. The van der Waals surface area contributed by atoms with Crippen LogP contribution in [-0.2, 0) is 9.59 Å². The summed E-state index contributed by atoms with van der Waals surface area (Å²) in [5.74, 6) is 0.0229. The number of nitrogens with zero attached hydrogens (tertiary/aromatic N) is 1. The summed E-state index contributed by atoms with van der Waals surface area (Å²) in [5.41, 5.74) is -0.0972. The topological polar surface area (TPSA) is 49.4 Å². The molecule has 1 unspecified atom stereocenters. The molecule has 2 rings (SSSR count). The molecular formula is C16H28N2O2. The van der Waals surface area contributed by atoms with Gasteiger partial charge in [-0.2, -0.15) is 0 Å². The zero-order valence-corrected chi connectivity index (χ0v) is 13.1. The summed E-state index contributed by atoms with van der Waals surface area (Å²) >= 11 is 0. The second-order valence-electron chi connectivity index (χ2n) is 6.89. The molecule has 1 saturated heterocycles. The molecule has 1 aliphatic heterocycles. The molecule has 2 aliphatic rings. The lowest BCUT2D eigenvalue weighted by atomic mass is 10.00. The highest BCUT2D eigenvalue weighted by atomic mass is 16.2. The molecular weight excluding hydrogens is 252 g/mol. The zero-order chi connectivity index (χ0) is 14.8. The first kappa shape index (κ1) is 15.5. The number of nitrogens with one attached hydrogen (secondary N) is 1. The van der Waals surface area contributed by atoms with Crippen molar-refractivity contribution in [3.05, 3.63) is 0 Å². The number of carbonyl (C=O) groups excluding carboxylic acids is 2. The lowest BCUT2D eigenvalue weighted by Gasteiger charge is -2.29. The van der Waals surface area contributed by atoms with Crippen LogP contribution in [0.25, 0.3) is 0 Å². The van der Waals surface area contributed by atoms with Crippen molar-refractivity contribution >= 4 is 11.8 Å². The maximum absolute atomic E-state index is 12.6. The van der Waals surface area contributed by atoms with Crippen molar-refractivity contribution in [1.82, 2.24) is 10.2 Å². The minimum absolute atomic E-state index is 0.00317. The van der Waals surface area contributed by atoms with Crippen LogP contribution in [0.3, 0.4) is 0 Å². The van der Waals surface area contributed by atoms with Gasteiger partial charge in [-0.15, -0.1) is 0 Å². The summed E-state index contributed by atoms with van der Waals surface area (Å²) in [4.78, 5) is 26.4. The van der Waals surface area contributed by atoms with Gasteiger partial charge in [-0.3, -0.25) is 14.5 Å². The fourth-order valence-corrected chi connectivity index (χ4v) is 3.24. The Morgan fingerprint density at radius 2 is 1.75 bits per heavy atom. The van der Waals surface area contributed by atoms with Crippen LogP contribution in [0.1, 0.15) is 72.1 Å². The normalized spacial score (nSPS) is 26.1. The van der Waals surface area contributed by atoms with Gasteiger partial charge in [-0.05, 0) is 33.1 Å². The quantitative estimate of drug-likeness (QED) is 0.636. The van der Waals surface area contributed by atoms with E-state index in [1.165, 1.54) is 12.8 Å². The van der Waals surface area contributed by atoms with Crippen molar-refractivity contribution in [3.8, 4) is 0 Å². The van der Waals surface area contributed by atoms with Gasteiger partial charge in [-0.1, -0.05) is 32.6 Å². The van der Waals surface area contributed by atoms with Gasteiger partial charge in [0.1, 0.15) is 0 Å². The summed E-state index contributed by atoms with van der Waals surface area (Å²) in [6.45, 7) is 6.26. The largest absolute Gasteiger partial charge is 0.300 e. The summed E-state index contributed by atoms with van der Waals surface area (Å²) in [6, 6.07) is -0.172. The van der Waals surface area contributed by atoms with Crippen molar-refractivity contribution in [2.24, 2.45) is 0 Å². The molecule has 2 fully saturated rings. The van der Waals surface area contributed by atoms with Crippen LogP contribution < -0.4 is 5.32 Å². The predicted octanol–water partition coefficient (Wildman–Crippen LogP) is 2.61. The Kier molecular flexibility index (Phi) is 4.84. The Bertz CT molecular complexity index is 371. The highest BCUT2D eigenvalue weighted by Gasteiger charge is 2.43. The highest BCUT2D eigenvalue weighted by Crippen LogP contribution is 2.27. The Balaban J connectivity index is 2.04. The first-order valence-corrected chi connectivity index (χ1v) is 8.08. The number of carbonyl (C=O) groups is 2. The van der Waals surface area contributed by atoms with E-state index in [4.69, 9.17) is 0 Å². The Morgan fingerprint density at radius 1 is 1.15 bits per heavy atom. The first-order valence-electron chi connectivity index (χ1n) is 8.08. The van der Waals surface area contributed by atoms with Gasteiger partial charge in [0.25, 0.3) is 0 Å². The highest BCUT2D eigenvalue weighted by molar-refractivity contribution is 6.05. The van der Waals surface area contributed by atoms with Crippen molar-refractivity contribution < 1.29 is 9.59 Å². The molecule has 0 bridgehead atoms. The van der Waals surface area contributed by atoms with Crippen LogP contribution in [0.4, 0.5) is 0 Å². The van der Waals surface area contributed by atoms with Crippen molar-refractivity contribution in [3.63, 3.8) is 0 Å². The van der Waals surface area contributed by atoms with Crippen molar-refractivity contribution in [2.45, 2.75) is 89.8 Å². The van der Waals surface area contributed by atoms with Crippen LogP contribution in [-0.4, -0.2) is 34.3 Å². The third-order valence-corrected chi connectivity index (χ3v) is 4.82. The number of rotatable bonds is 4. The fourth-order valence-electron chi connectivity index (χ4n) is 3.24. The number of amides is 2. The minimum atomic E-state index is -0.319. The number of hydrogen-bond acceptors (Lipinski definition) is 3. The Hall–Kier alpha value is -0.900. The van der Waals surface area contributed by atoms with Gasteiger partial charge in [0, 0.05) is 11.6 Å². The number of hydrogen-bond donors (Lipinski definition) is 1. The fraction of sp³-hybridized carbons (Fsp3) is 0.875. The maximum Gasteiger partial charge on any atom is 0.247 e. The van der Waals surface area contributed by atoms with Crippen LogP contribution in [0.5, 0.6) is 0 Å². The summed E-state index contributed by atoms with van der Waals surface area (Å²) in [5, 5.41) is 3.36. The smallest absolute Gasteiger partial charge is 0.247 e. The van der Waals surface area contributed by atoms with Crippen LogP contribution >= 0.6 is 0 Å². The molecule has 0 aromatic carbocycles. The molecule has 1 atom stereocenters. The minimum Gasteiger partial charge on any atom is -0.300 e. The molecule has 0 spiro atoms. The first-order chi connectivity index (χ1) is 9.44. The number of imide groups is 1. The van der Waals surface area contributed by atoms with E-state index in [-0.39, 0.29) is 29.4 Å². The van der Waals surface area contributed by atoms with Crippen molar-refractivity contribution in [2.75, 3.05) is 0 Å². The van der Waals surface area contributed by atoms with Gasteiger partial charge in [-0.25, -0.2) is 0 Å². The van der Waals surface area contributed by atoms with E-state index in [1.54, 1.807) is 4.90 Å². The number of likely N-dealkylation sites (tertiary alicyclic amines) is 1. The second-order valence-corrected chi connectivity index (χ2v) is 6.89. The molecule has 114 valence electrons. The molecule has 0 aromatic heterocycles. The van der Waals surface area contributed by atoms with Gasteiger partial charge < -0.3 is 5.32 Å². The molecule has 1 heterocycles. The molecule has 4 nitrogen and oxygen atoms in total. The Labute approximate surface area is 122 Å². The van der Waals surface area contributed by atoms with Gasteiger partial charge >= 0.3 is 0 Å². The molecule has 1 aliphatic carbocycles. The molecule has 1 N–H and O–H groups in total. The van der Waals surface area contributed by atoms with Gasteiger partial charge in [0.05, 0.1) is 12.5 Å². The summed E-state index contributed by atoms with van der Waals surface area (Å²) < 4.78 is 0. The van der Waals surface area contributed by atoms with E-state index < -0.39 is 0 Å². The summed E-state index contributed by atoms with van der Waals surface area (Å²) in [7, 11) is 0. The molecule has 1 saturated carbocycles. The average molecular weight is 280 g/mol.